The third-order valence-corrected chi connectivity index (χ3v) is 5.16. The Morgan fingerprint density at radius 3 is 2.59 bits per heavy atom. The number of amides is 1. The number of aromatic hydroxyl groups is 1. The monoisotopic (exact) mass is 416 g/mol. The lowest BCUT2D eigenvalue weighted by Crippen LogP contribution is -2.34. The van der Waals surface area contributed by atoms with E-state index in [4.69, 9.17) is 4.74 Å². The number of aromatic nitrogens is 1. The first kappa shape index (κ1) is 20.3. The first-order valence-electron chi connectivity index (χ1n) is 8.75. The molecule has 1 amide bonds. The number of fused-ring (bicyclic) bond motifs is 1. The van der Waals surface area contributed by atoms with Crippen LogP contribution in [0.3, 0.4) is 0 Å². The van der Waals surface area contributed by atoms with Gasteiger partial charge in [-0.3, -0.25) is 9.10 Å². The van der Waals surface area contributed by atoms with Gasteiger partial charge in [0.05, 0.1) is 24.1 Å². The van der Waals surface area contributed by atoms with Crippen molar-refractivity contribution in [1.82, 2.24) is 4.98 Å². The number of aromatic amines is 1. The molecule has 1 aromatic heterocycles. The molecule has 0 saturated carbocycles. The molecule has 1 heterocycles. The smallest absolute Gasteiger partial charge is 0.285 e. The molecule has 0 spiro atoms. The quantitative estimate of drug-likeness (QED) is 0.572. The predicted octanol–water partition coefficient (Wildman–Crippen LogP) is 3.35. The Hall–Kier alpha value is -3.40. The number of hydrogen-bond donors (Lipinski definition) is 2. The summed E-state index contributed by atoms with van der Waals surface area (Å²) in [5.74, 6) is -0.699. The molecule has 0 saturated heterocycles. The summed E-state index contributed by atoms with van der Waals surface area (Å²) in [5.41, 5.74) is 0.972. The Kier molecular flexibility index (Phi) is 5.83. The van der Waals surface area contributed by atoms with E-state index in [9.17, 15) is 18.3 Å². The Morgan fingerprint density at radius 1 is 1.17 bits per heavy atom. The fourth-order valence-corrected chi connectivity index (χ4v) is 3.65. The first-order chi connectivity index (χ1) is 13.8. The van der Waals surface area contributed by atoms with Gasteiger partial charge in [0.15, 0.2) is 5.69 Å². The highest BCUT2D eigenvalue weighted by Gasteiger charge is 2.24. The van der Waals surface area contributed by atoms with Crippen molar-refractivity contribution in [3.8, 4) is 11.6 Å². The van der Waals surface area contributed by atoms with Gasteiger partial charge in [-0.2, -0.15) is 0 Å². The van der Waals surface area contributed by atoms with Gasteiger partial charge in [0.25, 0.3) is 5.91 Å². The number of azo groups is 1. The van der Waals surface area contributed by atoms with Gasteiger partial charge in [-0.05, 0) is 25.1 Å². The lowest BCUT2D eigenvalue weighted by molar-refractivity contribution is -0.116. The summed E-state index contributed by atoms with van der Waals surface area (Å²) in [5, 5.41) is 18.0. The lowest BCUT2D eigenvalue weighted by Gasteiger charge is -2.22. The highest BCUT2D eigenvalue weighted by atomic mass is 32.2. The van der Waals surface area contributed by atoms with E-state index >= 15 is 0 Å². The molecular weight excluding hydrogens is 396 g/mol. The van der Waals surface area contributed by atoms with Crippen LogP contribution in [0.1, 0.15) is 6.92 Å². The lowest BCUT2D eigenvalue weighted by atomic mass is 10.2. The second-order valence-electron chi connectivity index (χ2n) is 6.13. The third-order valence-electron chi connectivity index (χ3n) is 4.03. The SMILES string of the molecule is CCOc1ccccc1N(CC(=O)N=Nc1c(O)[nH]c2ccccc12)S(C)(=O)=O. The van der Waals surface area contributed by atoms with Gasteiger partial charge in [0.1, 0.15) is 12.3 Å². The number of ether oxygens (including phenoxy) is 1. The van der Waals surface area contributed by atoms with Gasteiger partial charge in [-0.1, -0.05) is 30.3 Å². The van der Waals surface area contributed by atoms with Crippen molar-refractivity contribution in [2.24, 2.45) is 10.2 Å². The fourth-order valence-electron chi connectivity index (χ4n) is 2.80. The van der Waals surface area contributed by atoms with Crippen molar-refractivity contribution in [1.29, 1.82) is 0 Å². The zero-order valence-electron chi connectivity index (χ0n) is 15.9. The molecule has 0 unspecified atom stereocenters. The summed E-state index contributed by atoms with van der Waals surface area (Å²) in [6.07, 6.45) is 0.992. The summed E-state index contributed by atoms with van der Waals surface area (Å²) < 4.78 is 31.0. The summed E-state index contributed by atoms with van der Waals surface area (Å²) in [4.78, 5) is 15.1. The van der Waals surface area contributed by atoms with E-state index in [-0.39, 0.29) is 17.3 Å². The molecule has 9 nitrogen and oxygen atoms in total. The average molecular weight is 416 g/mol. The number of hydrogen-bond acceptors (Lipinski definition) is 6. The molecule has 0 bridgehead atoms. The van der Waals surface area contributed by atoms with Crippen LogP contribution in [-0.2, 0) is 14.8 Å². The van der Waals surface area contributed by atoms with Crippen molar-refractivity contribution < 1.29 is 23.1 Å². The number of anilines is 1. The Balaban J connectivity index is 1.88. The molecule has 3 aromatic rings. The van der Waals surface area contributed by atoms with E-state index in [1.54, 1.807) is 55.5 Å². The molecule has 0 aliphatic carbocycles. The Labute approximate surface area is 167 Å². The molecule has 0 atom stereocenters. The van der Waals surface area contributed by atoms with Crippen molar-refractivity contribution >= 4 is 38.2 Å². The number of H-pyrrole nitrogens is 1. The van der Waals surface area contributed by atoms with Crippen LogP contribution in [0, 0.1) is 0 Å². The number of carbonyl (C=O) groups is 1. The van der Waals surface area contributed by atoms with E-state index in [2.05, 4.69) is 15.2 Å². The van der Waals surface area contributed by atoms with Crippen molar-refractivity contribution in [3.63, 3.8) is 0 Å². The summed E-state index contributed by atoms with van der Waals surface area (Å²) in [7, 11) is -3.79. The number of carbonyl (C=O) groups excluding carboxylic acids is 1. The van der Waals surface area contributed by atoms with Crippen molar-refractivity contribution in [2.45, 2.75) is 6.92 Å². The van der Waals surface area contributed by atoms with Crippen molar-refractivity contribution in [2.75, 3.05) is 23.7 Å². The molecular formula is C19H20N4O5S. The number of nitrogens with one attached hydrogen (secondary N) is 1. The van der Waals surface area contributed by atoms with Crippen LogP contribution in [0.2, 0.25) is 0 Å². The minimum Gasteiger partial charge on any atom is -0.493 e. The number of para-hydroxylation sites is 3. The van der Waals surface area contributed by atoms with Gasteiger partial charge in [-0.25, -0.2) is 8.42 Å². The first-order valence-corrected chi connectivity index (χ1v) is 10.6. The molecule has 152 valence electrons. The molecule has 10 heteroatoms. The van der Waals surface area contributed by atoms with Crippen LogP contribution in [-0.4, -0.2) is 43.8 Å². The van der Waals surface area contributed by atoms with Gasteiger partial charge >= 0.3 is 0 Å². The van der Waals surface area contributed by atoms with Crippen molar-refractivity contribution in [3.05, 3.63) is 48.5 Å². The maximum absolute atomic E-state index is 12.4. The number of sulfonamides is 1. The number of nitrogens with zero attached hydrogens (tertiary/aromatic N) is 3. The van der Waals surface area contributed by atoms with E-state index in [1.807, 2.05) is 0 Å². The highest BCUT2D eigenvalue weighted by Crippen LogP contribution is 2.35. The maximum Gasteiger partial charge on any atom is 0.285 e. The van der Waals surface area contributed by atoms with Crippen LogP contribution in [0.15, 0.2) is 58.8 Å². The second-order valence-corrected chi connectivity index (χ2v) is 8.04. The minimum absolute atomic E-state index is 0.106. The Bertz CT molecular complexity index is 1170. The molecule has 0 aliphatic heterocycles. The van der Waals surface area contributed by atoms with E-state index in [0.29, 0.717) is 23.3 Å². The molecule has 0 fully saturated rings. The van der Waals surface area contributed by atoms with Crippen LogP contribution in [0.5, 0.6) is 11.6 Å². The zero-order chi connectivity index (χ0) is 21.0. The van der Waals surface area contributed by atoms with E-state index < -0.39 is 22.5 Å². The standard InChI is InChI=1S/C19H20N4O5S/c1-3-28-16-11-7-6-10-15(16)23(29(2,26)27)12-17(24)21-22-18-13-8-4-5-9-14(13)20-19(18)25/h4-11,20,25H,3,12H2,1-2H3. The van der Waals surface area contributed by atoms with Gasteiger partial charge in [0.2, 0.25) is 15.9 Å². The van der Waals surface area contributed by atoms with Crippen LogP contribution in [0.25, 0.3) is 10.9 Å². The predicted molar refractivity (Wildman–Crippen MR) is 109 cm³/mol. The zero-order valence-corrected chi connectivity index (χ0v) is 16.7. The van der Waals surface area contributed by atoms with Gasteiger partial charge in [-0.15, -0.1) is 10.2 Å². The molecule has 3 rings (SSSR count). The average Bonchev–Trinajstić information content (AvgIpc) is 2.99. The topological polar surface area (TPSA) is 124 Å². The molecule has 2 aromatic carbocycles. The molecule has 0 radical (unpaired) electrons. The summed E-state index contributed by atoms with van der Waals surface area (Å²) in [6, 6.07) is 13.5. The van der Waals surface area contributed by atoms with Gasteiger partial charge in [0, 0.05) is 5.39 Å². The number of benzene rings is 2. The molecule has 2 N–H and O–H groups in total. The normalized spacial score (nSPS) is 11.8. The van der Waals surface area contributed by atoms with Crippen LogP contribution >= 0.6 is 0 Å². The van der Waals surface area contributed by atoms with Crippen LogP contribution < -0.4 is 9.04 Å². The maximum atomic E-state index is 12.4. The molecule has 0 aliphatic rings. The largest absolute Gasteiger partial charge is 0.493 e. The third kappa shape index (κ3) is 4.54. The second kappa shape index (κ2) is 8.31. The van der Waals surface area contributed by atoms with E-state index in [1.165, 1.54) is 0 Å². The highest BCUT2D eigenvalue weighted by molar-refractivity contribution is 7.92. The van der Waals surface area contributed by atoms with Crippen LogP contribution in [0.4, 0.5) is 11.4 Å². The summed E-state index contributed by atoms with van der Waals surface area (Å²) in [6.45, 7) is 1.55. The summed E-state index contributed by atoms with van der Waals surface area (Å²) >= 11 is 0. The number of rotatable bonds is 7. The minimum atomic E-state index is -3.79. The van der Waals surface area contributed by atoms with E-state index in [0.717, 1.165) is 10.6 Å². The van der Waals surface area contributed by atoms with Gasteiger partial charge < -0.3 is 14.8 Å². The fraction of sp³-hybridized carbons (Fsp3) is 0.211. The molecule has 29 heavy (non-hydrogen) atoms. The Morgan fingerprint density at radius 2 is 1.86 bits per heavy atom.